The van der Waals surface area contributed by atoms with Crippen LogP contribution in [0.15, 0.2) is 12.4 Å². The van der Waals surface area contributed by atoms with Gasteiger partial charge >= 0.3 is 12.3 Å². The summed E-state index contributed by atoms with van der Waals surface area (Å²) in [6, 6.07) is 0. The van der Waals surface area contributed by atoms with Gasteiger partial charge in [0.15, 0.2) is 0 Å². The zero-order valence-electron chi connectivity index (χ0n) is 4.97. The lowest BCUT2D eigenvalue weighted by Crippen LogP contribution is -1.99. The molecule has 0 bridgehead atoms. The maximum absolute atomic E-state index is 10.7. The van der Waals surface area contributed by atoms with Crippen LogP contribution in [0, 0.1) is 0 Å². The Labute approximate surface area is 58.6 Å². The quantitative estimate of drug-likeness (QED) is 0.556. The first-order chi connectivity index (χ1) is 4.79. The van der Waals surface area contributed by atoms with Crippen LogP contribution in [-0.2, 0) is 0 Å². The summed E-state index contributed by atoms with van der Waals surface area (Å²) in [5.41, 5.74) is 0. The number of allylic oxidation sites excluding steroid dienone is 1. The zero-order chi connectivity index (χ0) is 9.49. The number of carboxylic acid groups (broad SMARTS) is 2. The van der Waals surface area contributed by atoms with Crippen LogP contribution in [-0.4, -0.2) is 22.5 Å². The maximum Gasteiger partial charge on any atom is 0.503 e. The highest BCUT2D eigenvalue weighted by Gasteiger charge is 2.21. The van der Waals surface area contributed by atoms with E-state index in [9.17, 15) is 17.6 Å². The lowest BCUT2D eigenvalue weighted by molar-refractivity contribution is -0.0805. The molecule has 0 saturated carbocycles. The van der Waals surface area contributed by atoms with Gasteiger partial charge in [-0.25, -0.2) is 9.18 Å². The topological polar surface area (TPSA) is 57.5 Å². The fourth-order valence-electron chi connectivity index (χ4n) is 0.0714. The molecule has 2 N–H and O–H groups in total. The molecule has 0 aliphatic carbocycles. The molecule has 0 radical (unpaired) electrons. The molecule has 0 heterocycles. The minimum atomic E-state index is -4.51. The summed E-state index contributed by atoms with van der Waals surface area (Å²) in [6.45, 7) is 0. The largest absolute Gasteiger partial charge is 0.503 e. The van der Waals surface area contributed by atoms with Crippen molar-refractivity contribution in [3.8, 4) is 0 Å². The number of hydrogen-bond acceptors (Lipinski definition) is 1. The van der Waals surface area contributed by atoms with Crippen molar-refractivity contribution < 1.29 is 32.6 Å². The third kappa shape index (κ3) is 53.1. The number of alkyl halides is 3. The normalized spacial score (nSPS) is 10.5. The second-order valence-electron chi connectivity index (χ2n) is 1.12. The van der Waals surface area contributed by atoms with E-state index in [2.05, 4.69) is 0 Å². The second kappa shape index (κ2) is 5.51. The van der Waals surface area contributed by atoms with Gasteiger partial charge in [-0.05, 0) is 0 Å². The predicted molar refractivity (Wildman–Crippen MR) is 27.0 cm³/mol. The van der Waals surface area contributed by atoms with Crippen LogP contribution >= 0.6 is 0 Å². The Balaban J connectivity index is 0. The molecule has 11 heavy (non-hydrogen) atoms. The molecule has 0 unspecified atom stereocenters. The summed E-state index contributed by atoms with van der Waals surface area (Å²) in [6.07, 6.45) is -7.36. The van der Waals surface area contributed by atoms with Crippen molar-refractivity contribution in [2.75, 3.05) is 0 Å². The standard InChI is InChI=1S/C3H2F4.CH2O3/c4-2-1-3(5,6)7;2-1(3)4/h1-2H;(H2,2,3,4). The van der Waals surface area contributed by atoms with E-state index >= 15 is 0 Å². The van der Waals surface area contributed by atoms with E-state index in [0.717, 1.165) is 0 Å². The fraction of sp³-hybridized carbons (Fsp3) is 0.250. The molecule has 0 spiro atoms. The summed E-state index contributed by atoms with van der Waals surface area (Å²) < 4.78 is 42.8. The number of hydrogen-bond donors (Lipinski definition) is 2. The molecule has 0 atom stereocenters. The molecule has 0 rings (SSSR count). The van der Waals surface area contributed by atoms with Crippen molar-refractivity contribution in [1.82, 2.24) is 0 Å². The average molecular weight is 176 g/mol. The van der Waals surface area contributed by atoms with E-state index in [1.54, 1.807) is 0 Å². The lowest BCUT2D eigenvalue weighted by Gasteiger charge is -1.92. The van der Waals surface area contributed by atoms with E-state index in [1.807, 2.05) is 0 Å². The van der Waals surface area contributed by atoms with Gasteiger partial charge in [0, 0.05) is 6.08 Å². The van der Waals surface area contributed by atoms with E-state index in [1.165, 1.54) is 0 Å². The van der Waals surface area contributed by atoms with Gasteiger partial charge in [-0.2, -0.15) is 13.2 Å². The van der Waals surface area contributed by atoms with Crippen LogP contribution < -0.4 is 0 Å². The summed E-state index contributed by atoms with van der Waals surface area (Å²) in [4.78, 5) is 8.56. The summed E-state index contributed by atoms with van der Waals surface area (Å²) in [5.74, 6) is 0. The van der Waals surface area contributed by atoms with Gasteiger partial charge in [0.05, 0.1) is 6.33 Å². The van der Waals surface area contributed by atoms with Crippen LogP contribution in [0.3, 0.4) is 0 Å². The Kier molecular flexibility index (Phi) is 6.22. The maximum atomic E-state index is 10.7. The monoisotopic (exact) mass is 176 g/mol. The Morgan fingerprint density at radius 2 is 1.55 bits per heavy atom. The molecule has 66 valence electrons. The summed E-state index contributed by atoms with van der Waals surface area (Å²) in [5, 5.41) is 13.9. The minimum absolute atomic E-state index is 0.479. The number of rotatable bonds is 0. The van der Waals surface area contributed by atoms with Gasteiger partial charge in [0.2, 0.25) is 0 Å². The lowest BCUT2D eigenvalue weighted by atomic mass is 10.6. The highest BCUT2D eigenvalue weighted by molar-refractivity contribution is 5.53. The van der Waals surface area contributed by atoms with Crippen molar-refractivity contribution in [1.29, 1.82) is 0 Å². The average Bonchev–Trinajstić information content (AvgIpc) is 1.58. The first kappa shape index (κ1) is 12.4. The smallest absolute Gasteiger partial charge is 0.450 e. The number of halogens is 4. The van der Waals surface area contributed by atoms with Crippen molar-refractivity contribution in [3.05, 3.63) is 12.4 Å². The van der Waals surface area contributed by atoms with E-state index < -0.39 is 24.7 Å². The first-order valence-corrected chi connectivity index (χ1v) is 2.06. The zero-order valence-corrected chi connectivity index (χ0v) is 4.97. The molecule has 0 aromatic rings. The third-order valence-electron chi connectivity index (χ3n) is 0.252. The molecule has 0 fully saturated rings. The fourth-order valence-corrected chi connectivity index (χ4v) is 0.0714. The molecule has 0 aromatic heterocycles. The molecular formula is C4H4F4O3. The molecular weight excluding hydrogens is 172 g/mol. The highest BCUT2D eigenvalue weighted by atomic mass is 19.4. The Hall–Kier alpha value is -1.27. The van der Waals surface area contributed by atoms with E-state index in [0.29, 0.717) is 0 Å². The van der Waals surface area contributed by atoms with E-state index in [-0.39, 0.29) is 0 Å². The van der Waals surface area contributed by atoms with Gasteiger partial charge in [-0.1, -0.05) is 0 Å². The van der Waals surface area contributed by atoms with Gasteiger partial charge in [0.25, 0.3) is 0 Å². The molecule has 0 saturated heterocycles. The molecule has 0 amide bonds. The van der Waals surface area contributed by atoms with Crippen molar-refractivity contribution >= 4 is 6.16 Å². The van der Waals surface area contributed by atoms with Crippen LogP contribution in [0.4, 0.5) is 22.4 Å². The van der Waals surface area contributed by atoms with Gasteiger partial charge in [0.1, 0.15) is 0 Å². The molecule has 7 heteroatoms. The van der Waals surface area contributed by atoms with Gasteiger partial charge in [-0.3, -0.25) is 0 Å². The van der Waals surface area contributed by atoms with Crippen molar-refractivity contribution in [2.24, 2.45) is 0 Å². The van der Waals surface area contributed by atoms with Crippen LogP contribution in [0.5, 0.6) is 0 Å². The third-order valence-corrected chi connectivity index (χ3v) is 0.252. The summed E-state index contributed by atoms with van der Waals surface area (Å²) in [7, 11) is 0. The van der Waals surface area contributed by atoms with E-state index in [4.69, 9.17) is 15.0 Å². The molecule has 0 aliphatic rings. The Morgan fingerprint density at radius 1 is 1.27 bits per heavy atom. The molecule has 0 aliphatic heterocycles. The van der Waals surface area contributed by atoms with Gasteiger partial charge in [-0.15, -0.1) is 0 Å². The van der Waals surface area contributed by atoms with Crippen LogP contribution in [0.1, 0.15) is 0 Å². The van der Waals surface area contributed by atoms with Crippen LogP contribution in [0.25, 0.3) is 0 Å². The molecule has 0 aromatic carbocycles. The molecule has 3 nitrogen and oxygen atoms in total. The number of carbonyl (C=O) groups is 1. The Bertz CT molecular complexity index is 135. The first-order valence-electron chi connectivity index (χ1n) is 2.06. The highest BCUT2D eigenvalue weighted by Crippen LogP contribution is 2.15. The van der Waals surface area contributed by atoms with Crippen LogP contribution in [0.2, 0.25) is 0 Å². The minimum Gasteiger partial charge on any atom is -0.450 e. The van der Waals surface area contributed by atoms with Crippen molar-refractivity contribution in [2.45, 2.75) is 6.18 Å². The predicted octanol–water partition coefficient (Wildman–Crippen LogP) is 2.25. The van der Waals surface area contributed by atoms with Crippen molar-refractivity contribution in [3.63, 3.8) is 0 Å². The second-order valence-corrected chi connectivity index (χ2v) is 1.12. The SMILES string of the molecule is FC=CC(F)(F)F.O=C(O)O. The summed E-state index contributed by atoms with van der Waals surface area (Å²) >= 11 is 0. The van der Waals surface area contributed by atoms with Gasteiger partial charge < -0.3 is 10.2 Å². The Morgan fingerprint density at radius 3 is 1.55 bits per heavy atom.